The molecular formula is C25H42O2. The lowest BCUT2D eigenvalue weighted by molar-refractivity contribution is -0.145. The van der Waals surface area contributed by atoms with Gasteiger partial charge >= 0.3 is 5.97 Å². The molecule has 0 aromatic rings. The summed E-state index contributed by atoms with van der Waals surface area (Å²) in [5.41, 5.74) is 3.88. The molecule has 0 aromatic carbocycles. The fourth-order valence-electron chi connectivity index (χ4n) is 6.19. The highest BCUT2D eigenvalue weighted by atomic mass is 16.5. The minimum atomic E-state index is -0.183. The summed E-state index contributed by atoms with van der Waals surface area (Å²) < 4.78 is 5.21. The van der Waals surface area contributed by atoms with Crippen molar-refractivity contribution >= 4 is 5.97 Å². The highest BCUT2D eigenvalue weighted by Gasteiger charge is 2.52. The maximum absolute atomic E-state index is 11.0. The molecule has 0 N–H and O–H groups in total. The number of allylic oxidation sites excluding steroid dienone is 3. The van der Waals surface area contributed by atoms with Crippen molar-refractivity contribution in [1.29, 1.82) is 0 Å². The van der Waals surface area contributed by atoms with E-state index in [9.17, 15) is 4.79 Å². The highest BCUT2D eigenvalue weighted by Crippen LogP contribution is 2.61. The lowest BCUT2D eigenvalue weighted by Gasteiger charge is -2.58. The van der Waals surface area contributed by atoms with Gasteiger partial charge in [-0.3, -0.25) is 4.79 Å². The summed E-state index contributed by atoms with van der Waals surface area (Å²) in [6, 6.07) is 0. The third-order valence-electron chi connectivity index (χ3n) is 7.58. The second-order valence-electron chi connectivity index (χ2n) is 10.2. The van der Waals surface area contributed by atoms with E-state index >= 15 is 0 Å². The molecule has 0 unspecified atom stereocenters. The van der Waals surface area contributed by atoms with Crippen LogP contribution < -0.4 is 0 Å². The van der Waals surface area contributed by atoms with Gasteiger partial charge in [0.2, 0.25) is 0 Å². The number of ether oxygens (including phenoxy) is 1. The zero-order valence-corrected chi connectivity index (χ0v) is 18.7. The molecule has 2 fully saturated rings. The molecule has 0 amide bonds. The summed E-state index contributed by atoms with van der Waals surface area (Å²) >= 11 is 0. The van der Waals surface area contributed by atoms with E-state index in [0.717, 1.165) is 25.2 Å². The van der Waals surface area contributed by atoms with Crippen molar-refractivity contribution in [3.8, 4) is 0 Å². The molecule has 27 heavy (non-hydrogen) atoms. The van der Waals surface area contributed by atoms with E-state index in [1.165, 1.54) is 56.6 Å². The average Bonchev–Trinajstić information content (AvgIpc) is 2.52. The van der Waals surface area contributed by atoms with Crippen LogP contribution in [-0.4, -0.2) is 12.1 Å². The Morgan fingerprint density at radius 3 is 2.67 bits per heavy atom. The first-order chi connectivity index (χ1) is 12.6. The number of carbonyl (C=O) groups excluding carboxylic acids is 1. The number of carbonyl (C=O) groups is 1. The van der Waals surface area contributed by atoms with E-state index in [1.54, 1.807) is 0 Å². The van der Waals surface area contributed by atoms with Crippen LogP contribution in [0.5, 0.6) is 0 Å². The smallest absolute Gasteiger partial charge is 0.302 e. The summed E-state index contributed by atoms with van der Waals surface area (Å²) in [5.74, 6) is 1.32. The second kappa shape index (κ2) is 8.97. The highest BCUT2D eigenvalue weighted by molar-refractivity contribution is 5.66. The minimum Gasteiger partial charge on any atom is -0.463 e. The van der Waals surface area contributed by atoms with Crippen LogP contribution >= 0.6 is 0 Å². The Morgan fingerprint density at radius 1 is 1.30 bits per heavy atom. The lowest BCUT2D eigenvalue weighted by atomic mass is 9.47. The van der Waals surface area contributed by atoms with Crippen molar-refractivity contribution in [3.05, 3.63) is 23.8 Å². The third kappa shape index (κ3) is 5.48. The number of hydrogen-bond acceptors (Lipinski definition) is 2. The Kier molecular flexibility index (Phi) is 7.39. The second-order valence-corrected chi connectivity index (χ2v) is 10.2. The Labute approximate surface area is 167 Å². The molecule has 2 rings (SSSR count). The Hall–Kier alpha value is -1.05. The average molecular weight is 375 g/mol. The van der Waals surface area contributed by atoms with Gasteiger partial charge in [0.15, 0.2) is 0 Å². The van der Waals surface area contributed by atoms with Crippen LogP contribution in [0, 0.1) is 22.7 Å². The fraction of sp³-hybridized carbons (Fsp3) is 0.800. The number of hydrogen-bond donors (Lipinski definition) is 0. The van der Waals surface area contributed by atoms with E-state index in [-0.39, 0.29) is 12.1 Å². The molecule has 2 aliphatic carbocycles. The van der Waals surface area contributed by atoms with Crippen LogP contribution in [-0.2, 0) is 9.53 Å². The summed E-state index contributed by atoms with van der Waals surface area (Å²) in [7, 11) is 0. The summed E-state index contributed by atoms with van der Waals surface area (Å²) in [4.78, 5) is 11.0. The maximum atomic E-state index is 11.0. The van der Waals surface area contributed by atoms with Crippen molar-refractivity contribution in [2.24, 2.45) is 22.7 Å². The van der Waals surface area contributed by atoms with Gasteiger partial charge in [-0.1, -0.05) is 51.0 Å². The van der Waals surface area contributed by atoms with E-state index in [2.05, 4.69) is 40.3 Å². The fourth-order valence-corrected chi connectivity index (χ4v) is 6.19. The zero-order chi connectivity index (χ0) is 20.2. The first-order valence-electron chi connectivity index (χ1n) is 11.1. The number of fused-ring (bicyclic) bond motifs is 1. The van der Waals surface area contributed by atoms with Gasteiger partial charge in [-0.25, -0.2) is 0 Å². The predicted molar refractivity (Wildman–Crippen MR) is 115 cm³/mol. The number of esters is 1. The maximum Gasteiger partial charge on any atom is 0.302 e. The van der Waals surface area contributed by atoms with Crippen molar-refractivity contribution < 1.29 is 9.53 Å². The Balaban J connectivity index is 1.93. The summed E-state index contributed by atoms with van der Waals surface area (Å²) in [5, 5.41) is 0. The van der Waals surface area contributed by atoms with Crippen LogP contribution in [0.3, 0.4) is 0 Å². The standard InChI is InChI=1S/C25H42O2/c1-18(10-8-11-20(3)27-21(4)26)12-14-22-19(2)13-15-23-24(5,6)16-9-17-25(22,23)7/h10,20,22-23H,2,8-9,11-17H2,1,3-7H3/b18-10+/t20-,22+,23-,25-/m0/s1. The van der Waals surface area contributed by atoms with Crippen LogP contribution in [0.15, 0.2) is 23.8 Å². The molecule has 0 heterocycles. The van der Waals surface area contributed by atoms with E-state index < -0.39 is 0 Å². The van der Waals surface area contributed by atoms with Gasteiger partial charge in [0.25, 0.3) is 0 Å². The van der Waals surface area contributed by atoms with Crippen LogP contribution in [0.25, 0.3) is 0 Å². The monoisotopic (exact) mass is 374 g/mol. The molecule has 0 saturated heterocycles. The number of rotatable bonds is 7. The Bertz CT molecular complexity index is 571. The van der Waals surface area contributed by atoms with Gasteiger partial charge in [-0.05, 0) is 87.9 Å². The van der Waals surface area contributed by atoms with Gasteiger partial charge < -0.3 is 4.74 Å². The van der Waals surface area contributed by atoms with E-state index in [4.69, 9.17) is 4.74 Å². The largest absolute Gasteiger partial charge is 0.463 e. The van der Waals surface area contributed by atoms with Crippen molar-refractivity contribution in [2.45, 2.75) is 105 Å². The molecule has 0 aromatic heterocycles. The van der Waals surface area contributed by atoms with Gasteiger partial charge in [-0.15, -0.1) is 0 Å². The van der Waals surface area contributed by atoms with Crippen LogP contribution in [0.2, 0.25) is 0 Å². The molecule has 0 radical (unpaired) electrons. The van der Waals surface area contributed by atoms with Crippen LogP contribution in [0.1, 0.15) is 99.3 Å². The quantitative estimate of drug-likeness (QED) is 0.346. The first-order valence-corrected chi connectivity index (χ1v) is 11.1. The van der Waals surface area contributed by atoms with Gasteiger partial charge in [0.1, 0.15) is 0 Å². The topological polar surface area (TPSA) is 26.3 Å². The van der Waals surface area contributed by atoms with Crippen molar-refractivity contribution in [1.82, 2.24) is 0 Å². The zero-order valence-electron chi connectivity index (χ0n) is 18.7. The van der Waals surface area contributed by atoms with Gasteiger partial charge in [0, 0.05) is 6.92 Å². The minimum absolute atomic E-state index is 0.00816. The molecule has 2 aliphatic rings. The molecule has 2 saturated carbocycles. The molecule has 154 valence electrons. The van der Waals surface area contributed by atoms with Gasteiger partial charge in [0.05, 0.1) is 6.10 Å². The molecule has 0 aliphatic heterocycles. The Morgan fingerprint density at radius 2 is 2.00 bits per heavy atom. The SMILES string of the molecule is C=C1CC[C@H]2C(C)(C)CCC[C@@]2(C)[C@@H]1CC/C(C)=C/CC[C@H](C)OC(C)=O. The summed E-state index contributed by atoms with van der Waals surface area (Å²) in [6.45, 7) is 17.8. The lowest BCUT2D eigenvalue weighted by Crippen LogP contribution is -2.49. The molecule has 0 spiro atoms. The molecular weight excluding hydrogens is 332 g/mol. The van der Waals surface area contributed by atoms with Gasteiger partial charge in [-0.2, -0.15) is 0 Å². The molecule has 2 nitrogen and oxygen atoms in total. The normalized spacial score (nSPS) is 31.9. The molecule has 0 bridgehead atoms. The first kappa shape index (κ1) is 22.2. The molecule has 2 heteroatoms. The van der Waals surface area contributed by atoms with E-state index in [1.807, 2.05) is 6.92 Å². The molecule has 4 atom stereocenters. The van der Waals surface area contributed by atoms with Crippen molar-refractivity contribution in [2.75, 3.05) is 0 Å². The predicted octanol–water partition coefficient (Wildman–Crippen LogP) is 7.24. The van der Waals surface area contributed by atoms with Crippen molar-refractivity contribution in [3.63, 3.8) is 0 Å². The summed E-state index contributed by atoms with van der Waals surface area (Å²) in [6.07, 6.45) is 13.3. The third-order valence-corrected chi connectivity index (χ3v) is 7.58. The van der Waals surface area contributed by atoms with E-state index in [0.29, 0.717) is 16.7 Å². The van der Waals surface area contributed by atoms with Crippen LogP contribution in [0.4, 0.5) is 0 Å².